The molecule has 22 heteroatoms. The molecule has 1 aliphatic heterocycles. The highest BCUT2D eigenvalue weighted by molar-refractivity contribution is 5.93. The van der Waals surface area contributed by atoms with Crippen LogP contribution in [0.5, 0.6) is 69.0 Å². The van der Waals surface area contributed by atoms with E-state index in [0.717, 1.165) is 0 Å². The normalized spacial score (nSPS) is 20.1. The van der Waals surface area contributed by atoms with Gasteiger partial charge in [-0.3, -0.25) is 0 Å². The molecule has 0 aliphatic carbocycles. The molecule has 4 aromatic carbocycles. The Hall–Kier alpha value is -7.72. The zero-order chi connectivity index (χ0) is 44.8. The summed E-state index contributed by atoms with van der Waals surface area (Å²) >= 11 is 0. The molecule has 1 heterocycles. The lowest BCUT2D eigenvalue weighted by molar-refractivity contribution is -0.284. The average molecular weight is 793 g/mol. The molecule has 1 unspecified atom stereocenters. The molecule has 1 fully saturated rings. The fourth-order valence-corrected chi connectivity index (χ4v) is 4.86. The van der Waals surface area contributed by atoms with Crippen LogP contribution in [0, 0.1) is 0 Å². The predicted molar refractivity (Wildman–Crippen MR) is 175 cm³/mol. The number of phenolic OH excluding ortho intramolecular Hbond substituents is 12. The van der Waals surface area contributed by atoms with Gasteiger partial charge in [0.25, 0.3) is 0 Å². The maximum absolute atomic E-state index is 13.6. The molecule has 296 valence electrons. The van der Waals surface area contributed by atoms with Crippen molar-refractivity contribution in [2.75, 3.05) is 6.61 Å². The number of aliphatic hydroxyl groups excluding tert-OH is 1. The van der Waals surface area contributed by atoms with Crippen LogP contribution in [0.4, 0.5) is 0 Å². The molecular weight excluding hydrogens is 760 g/mol. The van der Waals surface area contributed by atoms with Crippen LogP contribution in [0.1, 0.15) is 46.9 Å². The molecule has 0 spiro atoms. The predicted octanol–water partition coefficient (Wildman–Crippen LogP) is 0.705. The summed E-state index contributed by atoms with van der Waals surface area (Å²) in [5.74, 6) is -22.1. The van der Waals surface area contributed by atoms with Crippen molar-refractivity contribution in [2.45, 2.75) is 30.7 Å². The first-order valence-corrected chi connectivity index (χ1v) is 15.1. The molecule has 5 atom stereocenters. The number of esters is 4. The summed E-state index contributed by atoms with van der Waals surface area (Å²) in [6.07, 6.45) is -12.4. The first-order valence-electron chi connectivity index (χ1n) is 17.1. The standard InChI is InChI=1S/C34H28O22/c35-14-1-10(2-15(36)23(14)43)30(47)52-9-22-27(54-31(48)11-3-16(37)24(44)17(38)4-11)28(55-32(49)12-5-18(39)25(45)19(40)6-12)29(34(51)53-22)56-33(50)13-7-20(41)26(46)21(42)8-13/h1-8,22,27-29,34-46,51H,9H2/t22-,27-,28+,29-,34?/m1/s1/i1D,3D,5D,7D. The van der Waals surface area contributed by atoms with Crippen molar-refractivity contribution in [1.82, 2.24) is 0 Å². The van der Waals surface area contributed by atoms with Gasteiger partial charge >= 0.3 is 23.9 Å². The molecule has 13 N–H and O–H groups in total. The quantitative estimate of drug-likeness (QED) is 0.0630. The largest absolute Gasteiger partial charge is 0.504 e. The summed E-state index contributed by atoms with van der Waals surface area (Å²) < 4.78 is 58.4. The van der Waals surface area contributed by atoms with Gasteiger partial charge in [-0.25, -0.2) is 19.2 Å². The van der Waals surface area contributed by atoms with Crippen LogP contribution in [0.25, 0.3) is 0 Å². The van der Waals surface area contributed by atoms with Gasteiger partial charge in [0.1, 0.15) is 12.7 Å². The summed E-state index contributed by atoms with van der Waals surface area (Å²) in [6.45, 7) is -1.29. The molecule has 1 aliphatic rings. The second-order valence-corrected chi connectivity index (χ2v) is 11.3. The van der Waals surface area contributed by atoms with E-state index in [4.69, 9.17) is 29.2 Å². The number of benzene rings is 4. The van der Waals surface area contributed by atoms with E-state index in [0.29, 0.717) is 24.3 Å². The number of rotatable bonds is 9. The minimum absolute atomic E-state index is 0.389. The number of aliphatic hydroxyl groups is 1. The Morgan fingerprint density at radius 3 is 1.14 bits per heavy atom. The van der Waals surface area contributed by atoms with Gasteiger partial charge in [-0.05, 0) is 48.4 Å². The second-order valence-electron chi connectivity index (χ2n) is 11.3. The molecule has 0 radical (unpaired) electrons. The molecule has 5 rings (SSSR count). The van der Waals surface area contributed by atoms with E-state index >= 15 is 0 Å². The number of hydrogen-bond donors (Lipinski definition) is 13. The summed E-state index contributed by atoms with van der Waals surface area (Å²) in [6, 6.07) is -3.03. The molecule has 1 saturated heterocycles. The van der Waals surface area contributed by atoms with Crippen molar-refractivity contribution in [3.63, 3.8) is 0 Å². The smallest absolute Gasteiger partial charge is 0.339 e. The van der Waals surface area contributed by atoms with Crippen LogP contribution >= 0.6 is 0 Å². The first-order chi connectivity index (χ1) is 28.0. The molecule has 22 nitrogen and oxygen atoms in total. The summed E-state index contributed by atoms with van der Waals surface area (Å²) in [5, 5.41) is 130. The summed E-state index contributed by atoms with van der Waals surface area (Å²) in [5.41, 5.74) is -4.11. The van der Waals surface area contributed by atoms with Gasteiger partial charge in [0.05, 0.1) is 27.7 Å². The maximum atomic E-state index is 13.6. The van der Waals surface area contributed by atoms with E-state index in [9.17, 15) is 85.6 Å². The van der Waals surface area contributed by atoms with Gasteiger partial charge in [0.15, 0.2) is 93.6 Å². The second kappa shape index (κ2) is 15.3. The van der Waals surface area contributed by atoms with Crippen molar-refractivity contribution < 1.29 is 115 Å². The SMILES string of the molecule is [2H]c1c(C(=O)OC[C@H]2OC(O)[C@H](OC(=O)c3cc(O)c(O)c(O)c3[2H])[C@@H](OC(=O)c3cc(O)c(O)c(O)c3[2H])[C@@H]2OC(=O)c2cc(O)c(O)c(O)c2[2H])cc(O)c(O)c1O. The van der Waals surface area contributed by atoms with Crippen LogP contribution < -0.4 is 0 Å². The third kappa shape index (κ3) is 7.95. The Balaban J connectivity index is 1.64. The lowest BCUT2D eigenvalue weighted by Crippen LogP contribution is -2.62. The number of aromatic hydroxyl groups is 12. The Morgan fingerprint density at radius 2 is 0.786 bits per heavy atom. The maximum Gasteiger partial charge on any atom is 0.339 e. The Morgan fingerprint density at radius 1 is 0.482 bits per heavy atom. The van der Waals surface area contributed by atoms with Gasteiger partial charge in [0, 0.05) is 0 Å². The van der Waals surface area contributed by atoms with Crippen LogP contribution in [0.2, 0.25) is 0 Å². The third-order valence-corrected chi connectivity index (χ3v) is 7.60. The van der Waals surface area contributed by atoms with Crippen LogP contribution in [-0.2, 0) is 23.7 Å². The highest BCUT2D eigenvalue weighted by Gasteiger charge is 2.53. The van der Waals surface area contributed by atoms with Crippen molar-refractivity contribution in [3.8, 4) is 69.0 Å². The molecule has 0 bridgehead atoms. The number of hydrogen-bond acceptors (Lipinski definition) is 22. The minimum Gasteiger partial charge on any atom is -0.504 e. The number of phenols is 12. The van der Waals surface area contributed by atoms with Gasteiger partial charge in [-0.15, -0.1) is 0 Å². The highest BCUT2D eigenvalue weighted by Crippen LogP contribution is 2.40. The van der Waals surface area contributed by atoms with E-state index in [1.165, 1.54) is 0 Å². The van der Waals surface area contributed by atoms with Crippen LogP contribution in [0.3, 0.4) is 0 Å². The van der Waals surface area contributed by atoms with E-state index in [2.05, 4.69) is 0 Å². The fraction of sp³-hybridized carbons (Fsp3) is 0.176. The van der Waals surface area contributed by atoms with E-state index in [-0.39, 0.29) is 0 Å². The third-order valence-electron chi connectivity index (χ3n) is 7.60. The molecule has 0 amide bonds. The summed E-state index contributed by atoms with van der Waals surface area (Å²) in [4.78, 5) is 53.7. The Labute approximate surface area is 315 Å². The zero-order valence-corrected chi connectivity index (χ0v) is 27.4. The number of carbonyl (C=O) groups excluding carboxylic acids is 4. The van der Waals surface area contributed by atoms with Crippen molar-refractivity contribution in [2.24, 2.45) is 0 Å². The summed E-state index contributed by atoms with van der Waals surface area (Å²) in [7, 11) is 0. The van der Waals surface area contributed by atoms with Gasteiger partial charge in [0.2, 0.25) is 0 Å². The first kappa shape index (κ1) is 34.1. The molecule has 0 saturated carbocycles. The molecule has 4 aromatic rings. The van der Waals surface area contributed by atoms with Gasteiger partial charge in [-0.1, -0.05) is 0 Å². The number of carbonyl (C=O) groups is 4. The zero-order valence-electron chi connectivity index (χ0n) is 31.4. The van der Waals surface area contributed by atoms with Crippen molar-refractivity contribution in [3.05, 3.63) is 70.7 Å². The van der Waals surface area contributed by atoms with Gasteiger partial charge in [-0.2, -0.15) is 0 Å². The van der Waals surface area contributed by atoms with Crippen LogP contribution in [0.15, 0.2) is 48.4 Å². The fourth-order valence-electron chi connectivity index (χ4n) is 4.86. The lowest BCUT2D eigenvalue weighted by Gasteiger charge is -2.42. The van der Waals surface area contributed by atoms with Gasteiger partial charge < -0.3 is 90.1 Å². The average Bonchev–Trinajstić information content (AvgIpc) is 3.21. The topological polar surface area (TPSA) is 377 Å². The van der Waals surface area contributed by atoms with E-state index < -0.39 is 177 Å². The Bertz CT molecular complexity index is 2460. The van der Waals surface area contributed by atoms with E-state index in [1.54, 1.807) is 0 Å². The van der Waals surface area contributed by atoms with Crippen molar-refractivity contribution in [1.29, 1.82) is 0 Å². The van der Waals surface area contributed by atoms with E-state index in [1.807, 2.05) is 0 Å². The van der Waals surface area contributed by atoms with Crippen LogP contribution in [-0.4, -0.2) is 128 Å². The highest BCUT2D eigenvalue weighted by atomic mass is 16.7. The van der Waals surface area contributed by atoms with Crippen molar-refractivity contribution >= 4 is 23.9 Å². The molecule has 56 heavy (non-hydrogen) atoms. The Kier molecular flexibility index (Phi) is 9.33. The minimum atomic E-state index is -2.63. The monoisotopic (exact) mass is 792 g/mol. The lowest BCUT2D eigenvalue weighted by atomic mass is 9.97. The molecule has 0 aromatic heterocycles. The number of ether oxygens (including phenoxy) is 5. The molecular formula is C34H28O22.